The lowest BCUT2D eigenvalue weighted by Gasteiger charge is -2.08. The number of aromatic nitrogens is 2. The standard InChI is InChI=1S/C19H17N3O3S3/c1-25-16(23)12-27-19-22-21-18(28-19)20-17(24)14-9-5-6-10-15(14)26-11-13-7-3-2-4-8-13/h2-10H,11-12H2,1H3,(H,20,21,24). The molecule has 0 saturated heterocycles. The molecule has 1 heterocycles. The van der Waals surface area contributed by atoms with Gasteiger partial charge in [-0.2, -0.15) is 0 Å². The van der Waals surface area contributed by atoms with Gasteiger partial charge in [0.05, 0.1) is 18.4 Å². The van der Waals surface area contributed by atoms with Gasteiger partial charge in [0.1, 0.15) is 0 Å². The number of amides is 1. The number of methoxy groups -OCH3 is 1. The van der Waals surface area contributed by atoms with Crippen LogP contribution in [0, 0.1) is 0 Å². The number of carbonyl (C=O) groups is 2. The van der Waals surface area contributed by atoms with Gasteiger partial charge in [-0.15, -0.1) is 22.0 Å². The Morgan fingerprint density at radius 2 is 1.79 bits per heavy atom. The van der Waals surface area contributed by atoms with Crippen molar-refractivity contribution in [2.75, 3.05) is 18.2 Å². The number of ether oxygens (including phenoxy) is 1. The van der Waals surface area contributed by atoms with Crippen LogP contribution in [0.1, 0.15) is 15.9 Å². The van der Waals surface area contributed by atoms with E-state index in [1.54, 1.807) is 17.8 Å². The molecule has 0 spiro atoms. The molecule has 0 atom stereocenters. The minimum absolute atomic E-state index is 0.151. The Morgan fingerprint density at radius 3 is 2.57 bits per heavy atom. The molecule has 144 valence electrons. The lowest BCUT2D eigenvalue weighted by Crippen LogP contribution is -2.12. The van der Waals surface area contributed by atoms with Gasteiger partial charge in [0.2, 0.25) is 5.13 Å². The summed E-state index contributed by atoms with van der Waals surface area (Å²) in [4.78, 5) is 24.8. The Morgan fingerprint density at radius 1 is 1.04 bits per heavy atom. The zero-order chi connectivity index (χ0) is 19.8. The summed E-state index contributed by atoms with van der Waals surface area (Å²) < 4.78 is 5.18. The Bertz CT molecular complexity index is 948. The number of anilines is 1. The van der Waals surface area contributed by atoms with Crippen molar-refractivity contribution in [2.24, 2.45) is 0 Å². The number of carbonyl (C=O) groups excluding carboxylic acids is 2. The quantitative estimate of drug-likeness (QED) is 0.323. The fourth-order valence-corrected chi connectivity index (χ4v) is 4.76. The highest BCUT2D eigenvalue weighted by molar-refractivity contribution is 8.01. The largest absolute Gasteiger partial charge is 0.468 e. The zero-order valence-corrected chi connectivity index (χ0v) is 17.4. The van der Waals surface area contributed by atoms with Gasteiger partial charge in [-0.1, -0.05) is 65.6 Å². The van der Waals surface area contributed by atoms with Crippen LogP contribution in [0.2, 0.25) is 0 Å². The molecule has 0 bridgehead atoms. The molecule has 28 heavy (non-hydrogen) atoms. The van der Waals surface area contributed by atoms with E-state index < -0.39 is 0 Å². The molecule has 9 heteroatoms. The summed E-state index contributed by atoms with van der Waals surface area (Å²) in [6, 6.07) is 17.6. The van der Waals surface area contributed by atoms with Gasteiger partial charge in [0, 0.05) is 10.6 Å². The maximum Gasteiger partial charge on any atom is 0.316 e. The van der Waals surface area contributed by atoms with E-state index in [4.69, 9.17) is 0 Å². The van der Waals surface area contributed by atoms with E-state index in [0.29, 0.717) is 15.0 Å². The Kier molecular flexibility index (Phi) is 7.46. The minimum atomic E-state index is -0.338. The number of hydrogen-bond donors (Lipinski definition) is 1. The molecule has 3 aromatic rings. The number of thioether (sulfide) groups is 2. The van der Waals surface area contributed by atoms with Crippen molar-refractivity contribution in [3.8, 4) is 0 Å². The molecule has 0 aliphatic rings. The average molecular weight is 432 g/mol. The Balaban J connectivity index is 1.63. The summed E-state index contributed by atoms with van der Waals surface area (Å²) in [7, 11) is 1.34. The van der Waals surface area contributed by atoms with Crippen molar-refractivity contribution in [3.63, 3.8) is 0 Å². The first-order valence-electron chi connectivity index (χ1n) is 8.26. The van der Waals surface area contributed by atoms with Crippen molar-refractivity contribution < 1.29 is 14.3 Å². The predicted octanol–water partition coefficient (Wildman–Crippen LogP) is 4.35. The number of nitrogens with zero attached hydrogens (tertiary/aromatic N) is 2. The molecule has 1 N–H and O–H groups in total. The Labute approximate surface area is 175 Å². The van der Waals surface area contributed by atoms with E-state index >= 15 is 0 Å². The molecule has 6 nitrogen and oxygen atoms in total. The lowest BCUT2D eigenvalue weighted by molar-refractivity contribution is -0.137. The summed E-state index contributed by atoms with van der Waals surface area (Å²) in [6.07, 6.45) is 0. The topological polar surface area (TPSA) is 81.2 Å². The van der Waals surface area contributed by atoms with Crippen LogP contribution in [-0.2, 0) is 15.3 Å². The average Bonchev–Trinajstić information content (AvgIpc) is 3.18. The van der Waals surface area contributed by atoms with E-state index in [1.165, 1.54) is 35.8 Å². The van der Waals surface area contributed by atoms with E-state index in [-0.39, 0.29) is 17.6 Å². The van der Waals surface area contributed by atoms with Crippen molar-refractivity contribution >= 4 is 51.9 Å². The highest BCUT2D eigenvalue weighted by Crippen LogP contribution is 2.29. The predicted molar refractivity (Wildman–Crippen MR) is 113 cm³/mol. The maximum absolute atomic E-state index is 12.7. The van der Waals surface area contributed by atoms with Crippen LogP contribution in [0.25, 0.3) is 0 Å². The fraction of sp³-hybridized carbons (Fsp3) is 0.158. The van der Waals surface area contributed by atoms with Crippen LogP contribution in [-0.4, -0.2) is 34.9 Å². The van der Waals surface area contributed by atoms with Crippen LogP contribution in [0.15, 0.2) is 63.8 Å². The first kappa shape index (κ1) is 20.4. The number of hydrogen-bond acceptors (Lipinski definition) is 8. The van der Waals surface area contributed by atoms with Crippen molar-refractivity contribution in [1.82, 2.24) is 10.2 Å². The van der Waals surface area contributed by atoms with Crippen LogP contribution in [0.3, 0.4) is 0 Å². The Hall–Kier alpha value is -2.36. The maximum atomic E-state index is 12.7. The van der Waals surface area contributed by atoms with E-state index in [9.17, 15) is 9.59 Å². The van der Waals surface area contributed by atoms with Crippen LogP contribution in [0.5, 0.6) is 0 Å². The fourth-order valence-electron chi connectivity index (χ4n) is 2.18. The second kappa shape index (κ2) is 10.3. The minimum Gasteiger partial charge on any atom is -0.468 e. The third-order valence-corrected chi connectivity index (χ3v) is 6.63. The first-order chi connectivity index (χ1) is 13.7. The number of esters is 1. The van der Waals surface area contributed by atoms with Gasteiger partial charge in [-0.05, 0) is 17.7 Å². The molecule has 2 aromatic carbocycles. The molecular weight excluding hydrogens is 414 g/mol. The van der Waals surface area contributed by atoms with E-state index in [2.05, 4.69) is 32.4 Å². The number of nitrogens with one attached hydrogen (secondary N) is 1. The van der Waals surface area contributed by atoms with E-state index in [1.807, 2.05) is 36.4 Å². The second-order valence-corrected chi connectivity index (χ2v) is 8.68. The molecule has 0 aliphatic carbocycles. The molecule has 1 amide bonds. The highest BCUT2D eigenvalue weighted by atomic mass is 32.2. The molecule has 0 fully saturated rings. The third-order valence-electron chi connectivity index (χ3n) is 3.54. The SMILES string of the molecule is COC(=O)CSc1nnc(NC(=O)c2ccccc2SCc2ccccc2)s1. The zero-order valence-electron chi connectivity index (χ0n) is 15.0. The molecule has 3 rings (SSSR count). The molecule has 1 aromatic heterocycles. The van der Waals surface area contributed by atoms with Gasteiger partial charge in [0.15, 0.2) is 4.34 Å². The van der Waals surface area contributed by atoms with Crippen LogP contribution < -0.4 is 5.32 Å². The number of rotatable bonds is 8. The van der Waals surface area contributed by atoms with Crippen molar-refractivity contribution in [2.45, 2.75) is 15.0 Å². The highest BCUT2D eigenvalue weighted by Gasteiger charge is 2.15. The summed E-state index contributed by atoms with van der Waals surface area (Å²) in [5, 5.41) is 11.1. The van der Waals surface area contributed by atoms with Gasteiger partial charge < -0.3 is 4.74 Å². The van der Waals surface area contributed by atoms with Gasteiger partial charge >= 0.3 is 5.97 Å². The molecular formula is C19H17N3O3S3. The lowest BCUT2D eigenvalue weighted by atomic mass is 10.2. The first-order valence-corrected chi connectivity index (χ1v) is 11.0. The third kappa shape index (κ3) is 5.82. The number of benzene rings is 2. The van der Waals surface area contributed by atoms with Crippen molar-refractivity contribution in [1.29, 1.82) is 0 Å². The van der Waals surface area contributed by atoms with Crippen LogP contribution in [0.4, 0.5) is 5.13 Å². The van der Waals surface area contributed by atoms with Crippen molar-refractivity contribution in [3.05, 3.63) is 65.7 Å². The van der Waals surface area contributed by atoms with Gasteiger partial charge in [-0.3, -0.25) is 14.9 Å². The molecule has 0 radical (unpaired) electrons. The molecule has 0 unspecified atom stereocenters. The monoisotopic (exact) mass is 431 g/mol. The summed E-state index contributed by atoms with van der Waals surface area (Å²) >= 11 is 4.05. The molecule has 0 aliphatic heterocycles. The molecule has 0 saturated carbocycles. The summed E-state index contributed by atoms with van der Waals surface area (Å²) in [6.45, 7) is 0. The summed E-state index contributed by atoms with van der Waals surface area (Å²) in [5.41, 5.74) is 1.78. The smallest absolute Gasteiger partial charge is 0.316 e. The van der Waals surface area contributed by atoms with Gasteiger partial charge in [-0.25, -0.2) is 0 Å². The summed E-state index contributed by atoms with van der Waals surface area (Å²) in [5.74, 6) is 0.350. The second-order valence-electron chi connectivity index (χ2n) is 5.46. The van der Waals surface area contributed by atoms with E-state index in [0.717, 1.165) is 10.6 Å². The normalized spacial score (nSPS) is 10.5. The van der Waals surface area contributed by atoms with Gasteiger partial charge in [0.25, 0.3) is 5.91 Å². The van der Waals surface area contributed by atoms with Crippen LogP contribution >= 0.6 is 34.9 Å².